The topological polar surface area (TPSA) is 30.7 Å². The van der Waals surface area contributed by atoms with Gasteiger partial charge >= 0.3 is 0 Å². The Bertz CT molecular complexity index is 560. The molecule has 0 saturated heterocycles. The Hall–Kier alpha value is -1.56. The van der Waals surface area contributed by atoms with E-state index < -0.39 is 23.0 Å². The minimum atomic E-state index is -1.02. The second-order valence-corrected chi connectivity index (χ2v) is 3.83. The van der Waals surface area contributed by atoms with Gasteiger partial charge in [-0.3, -0.25) is 0 Å². The molecular formula is C11H9ClF3N3. The van der Waals surface area contributed by atoms with Gasteiger partial charge in [0.2, 0.25) is 0 Å². The van der Waals surface area contributed by atoms with Crippen molar-refractivity contribution in [3.05, 3.63) is 35.4 Å². The molecule has 1 aromatic carbocycles. The molecule has 1 aromatic heterocycles. The fraction of sp³-hybridized carbons (Fsp3) is 0.273. The molecule has 0 aliphatic carbocycles. The number of hydrogen-bond donors (Lipinski definition) is 0. The van der Waals surface area contributed by atoms with Crippen LogP contribution in [-0.4, -0.2) is 14.8 Å². The van der Waals surface area contributed by atoms with Crippen LogP contribution in [0.1, 0.15) is 12.7 Å². The molecule has 18 heavy (non-hydrogen) atoms. The van der Waals surface area contributed by atoms with E-state index in [-0.39, 0.29) is 11.7 Å². The Labute approximate surface area is 106 Å². The molecule has 3 nitrogen and oxygen atoms in total. The Kier molecular flexibility index (Phi) is 3.56. The zero-order valence-electron chi connectivity index (χ0n) is 9.42. The van der Waals surface area contributed by atoms with Crippen LogP contribution in [0.3, 0.4) is 0 Å². The molecule has 7 heteroatoms. The lowest BCUT2D eigenvalue weighted by molar-refractivity contribution is 0.544. The Balaban J connectivity index is 2.66. The van der Waals surface area contributed by atoms with Gasteiger partial charge in [-0.05, 0) is 6.92 Å². The average Bonchev–Trinajstić information content (AvgIpc) is 2.70. The van der Waals surface area contributed by atoms with E-state index in [0.29, 0.717) is 24.5 Å². The van der Waals surface area contributed by atoms with E-state index >= 15 is 0 Å². The van der Waals surface area contributed by atoms with E-state index in [1.165, 1.54) is 4.57 Å². The van der Waals surface area contributed by atoms with Gasteiger partial charge < -0.3 is 4.57 Å². The highest BCUT2D eigenvalue weighted by molar-refractivity contribution is 6.16. The van der Waals surface area contributed by atoms with Crippen LogP contribution in [0.5, 0.6) is 0 Å². The molecule has 0 bridgehead atoms. The predicted octanol–water partition coefficient (Wildman–Crippen LogP) is 3.12. The molecule has 0 fully saturated rings. The monoisotopic (exact) mass is 275 g/mol. The summed E-state index contributed by atoms with van der Waals surface area (Å²) in [7, 11) is 0. The normalized spacial score (nSPS) is 10.9. The number of halogens is 4. The van der Waals surface area contributed by atoms with Crippen molar-refractivity contribution in [1.82, 2.24) is 14.8 Å². The van der Waals surface area contributed by atoms with Crippen molar-refractivity contribution in [3.63, 3.8) is 0 Å². The predicted molar refractivity (Wildman–Crippen MR) is 60.6 cm³/mol. The lowest BCUT2D eigenvalue weighted by Gasteiger charge is -2.08. The summed E-state index contributed by atoms with van der Waals surface area (Å²) in [6.45, 7) is 2.17. The molecule has 0 N–H and O–H groups in total. The maximum absolute atomic E-state index is 13.6. The summed E-state index contributed by atoms with van der Waals surface area (Å²) in [4.78, 5) is 0. The number of nitrogens with zero attached hydrogens (tertiary/aromatic N) is 3. The van der Waals surface area contributed by atoms with Crippen LogP contribution in [0.25, 0.3) is 11.4 Å². The van der Waals surface area contributed by atoms with Crippen molar-refractivity contribution in [1.29, 1.82) is 0 Å². The lowest BCUT2D eigenvalue weighted by atomic mass is 10.1. The second kappa shape index (κ2) is 4.97. The van der Waals surface area contributed by atoms with E-state index in [4.69, 9.17) is 11.6 Å². The summed E-state index contributed by atoms with van der Waals surface area (Å²) in [5.41, 5.74) is -0.401. The van der Waals surface area contributed by atoms with Crippen molar-refractivity contribution in [2.75, 3.05) is 0 Å². The maximum atomic E-state index is 13.6. The molecule has 0 aliphatic rings. The SMILES string of the molecule is CCn1c(CCl)nnc1-c1c(F)cc(F)cc1F. The van der Waals surface area contributed by atoms with E-state index in [2.05, 4.69) is 10.2 Å². The third kappa shape index (κ3) is 2.08. The third-order valence-electron chi connectivity index (χ3n) is 2.49. The highest BCUT2D eigenvalue weighted by Gasteiger charge is 2.20. The summed E-state index contributed by atoms with van der Waals surface area (Å²) < 4.78 is 41.6. The van der Waals surface area contributed by atoms with Crippen LogP contribution < -0.4 is 0 Å². The number of benzene rings is 1. The summed E-state index contributed by atoms with van der Waals surface area (Å²) >= 11 is 5.65. The van der Waals surface area contributed by atoms with Crippen LogP contribution in [0.4, 0.5) is 13.2 Å². The third-order valence-corrected chi connectivity index (χ3v) is 2.73. The molecule has 0 atom stereocenters. The molecule has 0 unspecified atom stereocenters. The number of alkyl halides is 1. The molecule has 0 aliphatic heterocycles. The number of hydrogen-bond acceptors (Lipinski definition) is 2. The molecule has 96 valence electrons. The van der Waals surface area contributed by atoms with E-state index in [1.807, 2.05) is 0 Å². The minimum absolute atomic E-state index is 0.00292. The van der Waals surface area contributed by atoms with Gasteiger partial charge in [0.05, 0.1) is 11.4 Å². The second-order valence-electron chi connectivity index (χ2n) is 3.56. The summed E-state index contributed by atoms with van der Waals surface area (Å²) in [5, 5.41) is 7.45. The molecule has 2 rings (SSSR count). The van der Waals surface area contributed by atoms with E-state index in [0.717, 1.165) is 0 Å². The Morgan fingerprint density at radius 3 is 2.28 bits per heavy atom. The zero-order valence-corrected chi connectivity index (χ0v) is 10.2. The highest BCUT2D eigenvalue weighted by Crippen LogP contribution is 2.26. The highest BCUT2D eigenvalue weighted by atomic mass is 35.5. The molecule has 1 heterocycles. The van der Waals surface area contributed by atoms with Gasteiger partial charge in [0.15, 0.2) is 5.82 Å². The molecule has 0 amide bonds. The lowest BCUT2D eigenvalue weighted by Crippen LogP contribution is -2.04. The largest absolute Gasteiger partial charge is 0.310 e. The van der Waals surface area contributed by atoms with Gasteiger partial charge in [-0.2, -0.15) is 0 Å². The van der Waals surface area contributed by atoms with E-state index in [1.54, 1.807) is 6.92 Å². The first-order chi connectivity index (χ1) is 8.58. The van der Waals surface area contributed by atoms with Crippen LogP contribution in [0, 0.1) is 17.5 Å². The number of rotatable bonds is 3. The summed E-state index contributed by atoms with van der Waals surface area (Å²) in [5.74, 6) is -2.54. The molecule has 0 saturated carbocycles. The standard InChI is InChI=1S/C11H9ClF3N3/c1-2-18-9(5-12)16-17-11(18)10-7(14)3-6(13)4-8(10)15/h3-4H,2,5H2,1H3. The fourth-order valence-electron chi connectivity index (χ4n) is 1.71. The quantitative estimate of drug-likeness (QED) is 0.806. The first-order valence-corrected chi connectivity index (χ1v) is 5.74. The zero-order chi connectivity index (χ0) is 13.3. The average molecular weight is 276 g/mol. The molecule has 0 radical (unpaired) electrons. The minimum Gasteiger partial charge on any atom is -0.310 e. The Morgan fingerprint density at radius 2 is 1.78 bits per heavy atom. The van der Waals surface area contributed by atoms with Gasteiger partial charge in [0.1, 0.15) is 23.3 Å². The molecule has 2 aromatic rings. The first-order valence-electron chi connectivity index (χ1n) is 5.21. The van der Waals surface area contributed by atoms with Crippen molar-refractivity contribution in [2.24, 2.45) is 0 Å². The first kappa shape index (κ1) is 12.9. The fourth-order valence-corrected chi connectivity index (χ4v) is 1.90. The van der Waals surface area contributed by atoms with Gasteiger partial charge in [-0.15, -0.1) is 21.8 Å². The van der Waals surface area contributed by atoms with Crippen LogP contribution in [-0.2, 0) is 12.4 Å². The Morgan fingerprint density at radius 1 is 1.17 bits per heavy atom. The summed E-state index contributed by atoms with van der Waals surface area (Å²) in [6, 6.07) is 1.21. The smallest absolute Gasteiger partial charge is 0.169 e. The molecule has 0 spiro atoms. The number of aromatic nitrogens is 3. The van der Waals surface area contributed by atoms with Gasteiger partial charge in [-0.25, -0.2) is 13.2 Å². The van der Waals surface area contributed by atoms with Crippen LogP contribution in [0.2, 0.25) is 0 Å². The van der Waals surface area contributed by atoms with Crippen molar-refractivity contribution < 1.29 is 13.2 Å². The molecular weight excluding hydrogens is 267 g/mol. The van der Waals surface area contributed by atoms with Crippen LogP contribution >= 0.6 is 11.6 Å². The van der Waals surface area contributed by atoms with Crippen molar-refractivity contribution in [3.8, 4) is 11.4 Å². The van der Waals surface area contributed by atoms with Crippen molar-refractivity contribution >= 4 is 11.6 Å². The van der Waals surface area contributed by atoms with Gasteiger partial charge in [0, 0.05) is 18.7 Å². The van der Waals surface area contributed by atoms with Gasteiger partial charge in [0.25, 0.3) is 0 Å². The summed E-state index contributed by atoms with van der Waals surface area (Å²) in [6.07, 6.45) is 0. The van der Waals surface area contributed by atoms with E-state index in [9.17, 15) is 13.2 Å². The van der Waals surface area contributed by atoms with Gasteiger partial charge in [-0.1, -0.05) is 0 Å². The maximum Gasteiger partial charge on any atom is 0.169 e. The van der Waals surface area contributed by atoms with Crippen molar-refractivity contribution in [2.45, 2.75) is 19.3 Å². The van der Waals surface area contributed by atoms with Crippen LogP contribution in [0.15, 0.2) is 12.1 Å².